The molecule has 1 aliphatic carbocycles. The number of amides is 2. The first-order valence-electron chi connectivity index (χ1n) is 12.1. The molecule has 190 valence electrons. The van der Waals surface area contributed by atoms with Gasteiger partial charge < -0.3 is 25.0 Å². The number of benzene rings is 2. The molecule has 10 nitrogen and oxygen atoms in total. The van der Waals surface area contributed by atoms with E-state index in [4.69, 9.17) is 9.26 Å². The average molecular weight is 502 g/mol. The zero-order valence-electron chi connectivity index (χ0n) is 20.3. The van der Waals surface area contributed by atoms with Gasteiger partial charge in [0.2, 0.25) is 5.76 Å². The van der Waals surface area contributed by atoms with E-state index in [-0.39, 0.29) is 23.5 Å². The molecule has 0 saturated heterocycles. The van der Waals surface area contributed by atoms with Crippen LogP contribution in [-0.2, 0) is 6.54 Å². The number of rotatable bonds is 7. The summed E-state index contributed by atoms with van der Waals surface area (Å²) in [4.78, 5) is 25.6. The Kier molecular flexibility index (Phi) is 6.89. The molecule has 1 aliphatic rings. The van der Waals surface area contributed by atoms with Gasteiger partial charge in [0.1, 0.15) is 11.5 Å². The van der Waals surface area contributed by atoms with Crippen molar-refractivity contribution < 1.29 is 24.0 Å². The van der Waals surface area contributed by atoms with Crippen LogP contribution in [0.15, 0.2) is 65.3 Å². The number of aromatic hydroxyl groups is 1. The summed E-state index contributed by atoms with van der Waals surface area (Å²) in [6.07, 6.45) is 5.50. The molecule has 1 saturated carbocycles. The summed E-state index contributed by atoms with van der Waals surface area (Å²) in [6, 6.07) is 15.1. The Morgan fingerprint density at radius 2 is 1.89 bits per heavy atom. The van der Waals surface area contributed by atoms with E-state index in [1.54, 1.807) is 19.2 Å². The predicted octanol–water partition coefficient (Wildman–Crippen LogP) is 4.92. The van der Waals surface area contributed by atoms with Crippen molar-refractivity contribution in [2.24, 2.45) is 0 Å². The van der Waals surface area contributed by atoms with Crippen LogP contribution < -0.4 is 15.4 Å². The van der Waals surface area contributed by atoms with Gasteiger partial charge in [0.05, 0.1) is 24.7 Å². The average Bonchev–Trinajstić information content (AvgIpc) is 3.70. The monoisotopic (exact) mass is 501 g/mol. The van der Waals surface area contributed by atoms with Crippen LogP contribution in [0.2, 0.25) is 0 Å². The fourth-order valence-corrected chi connectivity index (χ4v) is 4.54. The van der Waals surface area contributed by atoms with Crippen LogP contribution in [-0.4, -0.2) is 39.1 Å². The Labute approximate surface area is 213 Å². The normalized spacial score (nSPS) is 13.4. The molecule has 2 amide bonds. The number of carbonyl (C=O) groups is 2. The minimum absolute atomic E-state index is 0.0149. The van der Waals surface area contributed by atoms with E-state index in [0.717, 1.165) is 42.7 Å². The molecule has 0 aliphatic heterocycles. The van der Waals surface area contributed by atoms with Crippen LogP contribution in [0.25, 0.3) is 11.3 Å². The molecule has 0 spiro atoms. The maximum atomic E-state index is 13.2. The maximum absolute atomic E-state index is 13.2. The summed E-state index contributed by atoms with van der Waals surface area (Å²) in [6.45, 7) is 0.330. The zero-order valence-corrected chi connectivity index (χ0v) is 20.3. The highest BCUT2D eigenvalue weighted by Gasteiger charge is 2.26. The number of aromatic nitrogens is 3. The maximum Gasteiger partial charge on any atom is 0.342 e. The highest BCUT2D eigenvalue weighted by atomic mass is 16.5. The number of nitrogens with one attached hydrogen (secondary N) is 2. The molecule has 2 aromatic carbocycles. The lowest BCUT2D eigenvalue weighted by Crippen LogP contribution is -2.30. The molecule has 37 heavy (non-hydrogen) atoms. The first kappa shape index (κ1) is 24.1. The number of phenols is 1. The van der Waals surface area contributed by atoms with Crippen LogP contribution in [0.5, 0.6) is 11.5 Å². The van der Waals surface area contributed by atoms with Gasteiger partial charge in [-0.2, -0.15) is 9.78 Å². The van der Waals surface area contributed by atoms with Gasteiger partial charge in [-0.1, -0.05) is 30.1 Å². The lowest BCUT2D eigenvalue weighted by Gasteiger charge is -2.12. The van der Waals surface area contributed by atoms with Crippen molar-refractivity contribution in [3.8, 4) is 22.8 Å². The molecular weight excluding hydrogens is 474 g/mol. The summed E-state index contributed by atoms with van der Waals surface area (Å²) in [5, 5.41) is 24.4. The van der Waals surface area contributed by atoms with Gasteiger partial charge in [-0.25, -0.2) is 4.79 Å². The van der Waals surface area contributed by atoms with Crippen LogP contribution in [0.3, 0.4) is 0 Å². The Balaban J connectivity index is 1.40. The van der Waals surface area contributed by atoms with Crippen molar-refractivity contribution in [2.45, 2.75) is 38.1 Å². The second kappa shape index (κ2) is 10.6. The van der Waals surface area contributed by atoms with Crippen LogP contribution in [0.1, 0.15) is 53.4 Å². The third-order valence-electron chi connectivity index (χ3n) is 6.50. The van der Waals surface area contributed by atoms with Crippen molar-refractivity contribution in [1.29, 1.82) is 0 Å². The number of methoxy groups -OCH3 is 1. The van der Waals surface area contributed by atoms with Crippen LogP contribution in [0.4, 0.5) is 10.5 Å². The van der Waals surface area contributed by atoms with E-state index in [9.17, 15) is 14.7 Å². The third-order valence-corrected chi connectivity index (χ3v) is 6.50. The highest BCUT2D eigenvalue weighted by molar-refractivity contribution is 6.02. The molecule has 0 radical (unpaired) electrons. The number of anilines is 1. The van der Waals surface area contributed by atoms with E-state index < -0.39 is 5.91 Å². The number of hydrogen-bond donors (Lipinski definition) is 3. The number of hydrogen-bond acceptors (Lipinski definition) is 7. The molecule has 4 aromatic rings. The van der Waals surface area contributed by atoms with Gasteiger partial charge in [-0.15, -0.1) is 0 Å². The Morgan fingerprint density at radius 3 is 2.59 bits per heavy atom. The Bertz CT molecular complexity index is 1390. The van der Waals surface area contributed by atoms with Gasteiger partial charge >= 0.3 is 6.03 Å². The summed E-state index contributed by atoms with van der Waals surface area (Å²) in [7, 11) is 1.61. The largest absolute Gasteiger partial charge is 0.507 e. The highest BCUT2D eigenvalue weighted by Crippen LogP contribution is 2.38. The number of carbonyl (C=O) groups excluding carboxylic acids is 2. The molecule has 3 N–H and O–H groups in total. The van der Waals surface area contributed by atoms with Crippen LogP contribution >= 0.6 is 0 Å². The van der Waals surface area contributed by atoms with Crippen molar-refractivity contribution >= 4 is 17.6 Å². The number of phenolic OH excluding ortho intramolecular Hbond substituents is 1. The van der Waals surface area contributed by atoms with Gasteiger partial charge in [0.25, 0.3) is 5.91 Å². The molecule has 0 bridgehead atoms. The first-order chi connectivity index (χ1) is 18.0. The lowest BCUT2D eigenvalue weighted by atomic mass is 10.0. The fourth-order valence-electron chi connectivity index (χ4n) is 4.54. The lowest BCUT2D eigenvalue weighted by molar-refractivity contribution is 0.0988. The predicted molar refractivity (Wildman–Crippen MR) is 136 cm³/mol. The fraction of sp³-hybridized carbons (Fsp3) is 0.259. The second-order valence-corrected chi connectivity index (χ2v) is 8.92. The van der Waals surface area contributed by atoms with E-state index in [0.29, 0.717) is 23.5 Å². The standard InChI is InChI=1S/C27H27N5O5/c1-36-20-9-6-17(7-10-20)16-28-27(35)32-23(18-4-2-3-5-18)15-22(31-32)21-14-19(8-11-24(21)33)30-26(34)25-12-13-29-37-25/h6-15,18,33H,2-5,16H2,1H3,(H,28,35)(H,30,34). The molecule has 2 aromatic heterocycles. The molecule has 5 rings (SSSR count). The Morgan fingerprint density at radius 1 is 1.11 bits per heavy atom. The number of ether oxygens (including phenoxy) is 1. The minimum Gasteiger partial charge on any atom is -0.507 e. The van der Waals surface area contributed by atoms with Crippen molar-refractivity contribution in [1.82, 2.24) is 20.3 Å². The van der Waals surface area contributed by atoms with Crippen molar-refractivity contribution in [2.75, 3.05) is 12.4 Å². The van der Waals surface area contributed by atoms with E-state index >= 15 is 0 Å². The Hall–Kier alpha value is -4.60. The molecule has 2 heterocycles. The zero-order chi connectivity index (χ0) is 25.8. The molecule has 0 atom stereocenters. The smallest absolute Gasteiger partial charge is 0.342 e. The molecule has 1 fully saturated rings. The van der Waals surface area contributed by atoms with Gasteiger partial charge in [0.15, 0.2) is 0 Å². The van der Waals surface area contributed by atoms with Gasteiger partial charge in [0, 0.05) is 29.8 Å². The van der Waals surface area contributed by atoms with E-state index in [1.165, 1.54) is 23.0 Å². The second-order valence-electron chi connectivity index (χ2n) is 8.92. The van der Waals surface area contributed by atoms with Crippen LogP contribution in [0, 0.1) is 0 Å². The van der Waals surface area contributed by atoms with E-state index in [1.807, 2.05) is 30.3 Å². The van der Waals surface area contributed by atoms with Crippen molar-refractivity contribution in [3.63, 3.8) is 0 Å². The number of nitrogens with zero attached hydrogens (tertiary/aromatic N) is 3. The van der Waals surface area contributed by atoms with Crippen molar-refractivity contribution in [3.05, 3.63) is 77.8 Å². The SMILES string of the molecule is COc1ccc(CNC(=O)n2nc(-c3cc(NC(=O)c4ccno4)ccc3O)cc2C2CCCC2)cc1. The summed E-state index contributed by atoms with van der Waals surface area (Å²) >= 11 is 0. The third kappa shape index (κ3) is 5.32. The van der Waals surface area contributed by atoms with E-state index in [2.05, 4.69) is 20.9 Å². The summed E-state index contributed by atoms with van der Waals surface area (Å²) in [5.41, 5.74) is 3.01. The minimum atomic E-state index is -0.468. The summed E-state index contributed by atoms with van der Waals surface area (Å²) in [5.74, 6) is 0.526. The molecular formula is C27H27N5O5. The summed E-state index contributed by atoms with van der Waals surface area (Å²) < 4.78 is 11.5. The molecule has 10 heteroatoms. The molecule has 0 unspecified atom stereocenters. The van der Waals surface area contributed by atoms with Gasteiger partial charge in [-0.3, -0.25) is 4.79 Å². The van der Waals surface area contributed by atoms with Gasteiger partial charge in [-0.05, 0) is 54.8 Å². The quantitative estimate of drug-likeness (QED) is 0.306. The first-order valence-corrected chi connectivity index (χ1v) is 12.1. The topological polar surface area (TPSA) is 132 Å².